The van der Waals surface area contributed by atoms with Crippen LogP contribution in [0.3, 0.4) is 0 Å². The van der Waals surface area contributed by atoms with Crippen molar-refractivity contribution in [2.75, 3.05) is 26.3 Å². The first-order valence-electron chi connectivity index (χ1n) is 5.36. The Balaban J connectivity index is 2.26. The number of morpholine rings is 1. The number of carbonyl (C=O) groups excluding carboxylic acids is 1. The van der Waals surface area contributed by atoms with Gasteiger partial charge < -0.3 is 14.7 Å². The molecule has 4 heteroatoms. The average molecular weight is 221 g/mol. The van der Waals surface area contributed by atoms with Crippen LogP contribution in [0.2, 0.25) is 0 Å². The fraction of sp³-hybridized carbons (Fsp3) is 0.417. The third kappa shape index (κ3) is 2.02. The van der Waals surface area contributed by atoms with E-state index >= 15 is 0 Å². The first-order chi connectivity index (χ1) is 7.70. The van der Waals surface area contributed by atoms with E-state index in [0.717, 1.165) is 5.56 Å². The van der Waals surface area contributed by atoms with Crippen LogP contribution in [-0.4, -0.2) is 42.2 Å². The molecule has 4 nitrogen and oxygen atoms in total. The number of carbonyl (C=O) groups is 1. The number of benzene rings is 1. The van der Waals surface area contributed by atoms with E-state index in [-0.39, 0.29) is 11.7 Å². The summed E-state index contributed by atoms with van der Waals surface area (Å²) in [7, 11) is 0. The van der Waals surface area contributed by atoms with Gasteiger partial charge >= 0.3 is 0 Å². The van der Waals surface area contributed by atoms with Crippen LogP contribution >= 0.6 is 0 Å². The number of nitrogens with zero attached hydrogens (tertiary/aromatic N) is 1. The molecule has 1 aromatic rings. The molecule has 1 aromatic carbocycles. The molecule has 1 aliphatic rings. The molecule has 0 saturated carbocycles. The lowest BCUT2D eigenvalue weighted by Gasteiger charge is -2.27. The summed E-state index contributed by atoms with van der Waals surface area (Å²) >= 11 is 0. The van der Waals surface area contributed by atoms with Crippen LogP contribution in [0.4, 0.5) is 0 Å². The molecule has 1 heterocycles. The Labute approximate surface area is 94.4 Å². The molecule has 0 bridgehead atoms. The Morgan fingerprint density at radius 2 is 2.06 bits per heavy atom. The van der Waals surface area contributed by atoms with Gasteiger partial charge in [-0.1, -0.05) is 12.1 Å². The lowest BCUT2D eigenvalue weighted by Crippen LogP contribution is -2.40. The van der Waals surface area contributed by atoms with Gasteiger partial charge in [0.1, 0.15) is 5.75 Å². The Morgan fingerprint density at radius 3 is 2.69 bits per heavy atom. The zero-order valence-electron chi connectivity index (χ0n) is 9.27. The average Bonchev–Trinajstić information content (AvgIpc) is 2.30. The van der Waals surface area contributed by atoms with Gasteiger partial charge in [0.2, 0.25) is 0 Å². The maximum absolute atomic E-state index is 12.2. The molecule has 0 atom stereocenters. The Morgan fingerprint density at radius 1 is 1.38 bits per heavy atom. The molecule has 2 rings (SSSR count). The van der Waals surface area contributed by atoms with Crippen molar-refractivity contribution in [1.82, 2.24) is 4.90 Å². The Hall–Kier alpha value is -1.55. The molecular formula is C12H15NO3. The van der Waals surface area contributed by atoms with E-state index in [4.69, 9.17) is 4.74 Å². The second kappa shape index (κ2) is 4.53. The molecule has 0 spiro atoms. The van der Waals surface area contributed by atoms with Crippen LogP contribution in [0.5, 0.6) is 5.75 Å². The molecule has 16 heavy (non-hydrogen) atoms. The number of rotatable bonds is 1. The highest BCUT2D eigenvalue weighted by Gasteiger charge is 2.22. The molecule has 1 saturated heterocycles. The number of aromatic hydroxyl groups is 1. The van der Waals surface area contributed by atoms with E-state index in [1.807, 2.05) is 13.0 Å². The van der Waals surface area contributed by atoms with Gasteiger partial charge in [0.05, 0.1) is 18.8 Å². The molecule has 1 amide bonds. The summed E-state index contributed by atoms with van der Waals surface area (Å²) < 4.78 is 5.19. The lowest BCUT2D eigenvalue weighted by atomic mass is 10.1. The minimum absolute atomic E-state index is 0.0523. The highest BCUT2D eigenvalue weighted by atomic mass is 16.5. The van der Waals surface area contributed by atoms with Crippen molar-refractivity contribution in [2.24, 2.45) is 0 Å². The highest BCUT2D eigenvalue weighted by molar-refractivity contribution is 5.98. The van der Waals surface area contributed by atoms with Crippen molar-refractivity contribution < 1.29 is 14.6 Å². The number of ether oxygens (including phenoxy) is 1. The number of hydrogen-bond acceptors (Lipinski definition) is 3. The van der Waals surface area contributed by atoms with Gasteiger partial charge in [0.25, 0.3) is 5.91 Å². The molecule has 0 aromatic heterocycles. The van der Waals surface area contributed by atoms with Crippen LogP contribution in [0.1, 0.15) is 15.9 Å². The molecule has 0 unspecified atom stereocenters. The number of amides is 1. The quantitative estimate of drug-likeness (QED) is 0.774. The van der Waals surface area contributed by atoms with Gasteiger partial charge in [0.15, 0.2) is 0 Å². The summed E-state index contributed by atoms with van der Waals surface area (Å²) in [5.74, 6) is -0.0598. The van der Waals surface area contributed by atoms with E-state index in [1.54, 1.807) is 17.0 Å². The van der Waals surface area contributed by atoms with Crippen molar-refractivity contribution in [3.63, 3.8) is 0 Å². The predicted octanol–water partition coefficient (Wildman–Crippen LogP) is 1.17. The first-order valence-corrected chi connectivity index (χ1v) is 5.36. The van der Waals surface area contributed by atoms with Crippen molar-refractivity contribution in [1.29, 1.82) is 0 Å². The standard InChI is InChI=1S/C12H15NO3/c1-9-3-2-4-10(14)11(9)12(15)13-5-7-16-8-6-13/h2-4,14H,5-8H2,1H3. The summed E-state index contributed by atoms with van der Waals surface area (Å²) in [5, 5.41) is 9.71. The summed E-state index contributed by atoms with van der Waals surface area (Å²) in [5.41, 5.74) is 1.21. The van der Waals surface area contributed by atoms with Gasteiger partial charge in [-0.2, -0.15) is 0 Å². The zero-order valence-corrected chi connectivity index (χ0v) is 9.27. The van der Waals surface area contributed by atoms with Crippen molar-refractivity contribution in [3.05, 3.63) is 29.3 Å². The molecule has 0 radical (unpaired) electrons. The van der Waals surface area contributed by atoms with Gasteiger partial charge in [0, 0.05) is 13.1 Å². The summed E-state index contributed by atoms with van der Waals surface area (Å²) in [6.07, 6.45) is 0. The monoisotopic (exact) mass is 221 g/mol. The number of aryl methyl sites for hydroxylation is 1. The van der Waals surface area contributed by atoms with Crippen LogP contribution in [0.25, 0.3) is 0 Å². The minimum Gasteiger partial charge on any atom is -0.507 e. The summed E-state index contributed by atoms with van der Waals surface area (Å²) in [6.45, 7) is 4.14. The molecule has 0 aliphatic carbocycles. The largest absolute Gasteiger partial charge is 0.507 e. The smallest absolute Gasteiger partial charge is 0.258 e. The number of phenols is 1. The third-order valence-corrected chi connectivity index (χ3v) is 2.76. The van der Waals surface area contributed by atoms with E-state index in [1.165, 1.54) is 0 Å². The lowest BCUT2D eigenvalue weighted by molar-refractivity contribution is 0.0300. The number of hydrogen-bond donors (Lipinski definition) is 1. The van der Waals surface area contributed by atoms with E-state index < -0.39 is 0 Å². The van der Waals surface area contributed by atoms with Crippen LogP contribution in [0.15, 0.2) is 18.2 Å². The topological polar surface area (TPSA) is 49.8 Å². The van der Waals surface area contributed by atoms with Crippen molar-refractivity contribution in [2.45, 2.75) is 6.92 Å². The van der Waals surface area contributed by atoms with Gasteiger partial charge in [-0.15, -0.1) is 0 Å². The Kier molecular flexibility index (Phi) is 3.10. The first kappa shape index (κ1) is 11.0. The van der Waals surface area contributed by atoms with Gasteiger partial charge in [-0.25, -0.2) is 0 Å². The van der Waals surface area contributed by atoms with Crippen molar-refractivity contribution >= 4 is 5.91 Å². The molecule has 1 fully saturated rings. The SMILES string of the molecule is Cc1cccc(O)c1C(=O)N1CCOCC1. The fourth-order valence-electron chi connectivity index (χ4n) is 1.86. The minimum atomic E-state index is -0.112. The summed E-state index contributed by atoms with van der Waals surface area (Å²) in [6, 6.07) is 5.11. The van der Waals surface area contributed by atoms with Crippen LogP contribution < -0.4 is 0 Å². The highest BCUT2D eigenvalue weighted by Crippen LogP contribution is 2.22. The predicted molar refractivity (Wildman–Crippen MR) is 59.6 cm³/mol. The molecule has 1 aliphatic heterocycles. The maximum Gasteiger partial charge on any atom is 0.258 e. The molecule has 86 valence electrons. The second-order valence-electron chi connectivity index (χ2n) is 3.87. The summed E-state index contributed by atoms with van der Waals surface area (Å²) in [4.78, 5) is 13.9. The van der Waals surface area contributed by atoms with E-state index in [2.05, 4.69) is 0 Å². The van der Waals surface area contributed by atoms with Gasteiger partial charge in [-0.3, -0.25) is 4.79 Å². The molecular weight excluding hydrogens is 206 g/mol. The van der Waals surface area contributed by atoms with Crippen LogP contribution in [0, 0.1) is 6.92 Å². The maximum atomic E-state index is 12.2. The molecule has 1 N–H and O–H groups in total. The van der Waals surface area contributed by atoms with Gasteiger partial charge in [-0.05, 0) is 18.6 Å². The normalized spacial score (nSPS) is 16.2. The third-order valence-electron chi connectivity index (χ3n) is 2.76. The fourth-order valence-corrected chi connectivity index (χ4v) is 1.86. The van der Waals surface area contributed by atoms with E-state index in [0.29, 0.717) is 31.9 Å². The zero-order chi connectivity index (χ0) is 11.5. The van der Waals surface area contributed by atoms with Crippen molar-refractivity contribution in [3.8, 4) is 5.75 Å². The van der Waals surface area contributed by atoms with Crippen LogP contribution in [-0.2, 0) is 4.74 Å². The second-order valence-corrected chi connectivity index (χ2v) is 3.87. The number of phenolic OH excluding ortho intramolecular Hbond substituents is 1. The van der Waals surface area contributed by atoms with E-state index in [9.17, 15) is 9.90 Å². The Bertz CT molecular complexity index is 377.